The molecular formula is C26H26N2O5S. The third-order valence-electron chi connectivity index (χ3n) is 5.50. The van der Waals surface area contributed by atoms with Crippen molar-refractivity contribution in [3.63, 3.8) is 0 Å². The van der Waals surface area contributed by atoms with E-state index < -0.39 is 12.0 Å². The first-order valence-electron chi connectivity index (χ1n) is 11.0. The Labute approximate surface area is 201 Å². The predicted molar refractivity (Wildman–Crippen MR) is 131 cm³/mol. The van der Waals surface area contributed by atoms with Gasteiger partial charge in [0.05, 0.1) is 36.6 Å². The number of rotatable bonds is 7. The van der Waals surface area contributed by atoms with Crippen molar-refractivity contribution in [2.75, 3.05) is 20.8 Å². The van der Waals surface area contributed by atoms with Gasteiger partial charge in [-0.3, -0.25) is 9.36 Å². The monoisotopic (exact) mass is 478 g/mol. The second kappa shape index (κ2) is 10.1. The van der Waals surface area contributed by atoms with Crippen molar-refractivity contribution in [2.24, 2.45) is 4.99 Å². The maximum Gasteiger partial charge on any atom is 0.338 e. The molecule has 0 unspecified atom stereocenters. The first kappa shape index (κ1) is 23.5. The zero-order valence-corrected chi connectivity index (χ0v) is 20.3. The zero-order chi connectivity index (χ0) is 24.2. The first-order valence-corrected chi connectivity index (χ1v) is 11.8. The molecule has 2 aromatic carbocycles. The second-order valence-corrected chi connectivity index (χ2v) is 8.72. The number of nitrogens with zero attached hydrogens (tertiary/aromatic N) is 2. The smallest absolute Gasteiger partial charge is 0.338 e. The summed E-state index contributed by atoms with van der Waals surface area (Å²) in [6.45, 7) is 4.21. The van der Waals surface area contributed by atoms with E-state index in [0.29, 0.717) is 38.7 Å². The van der Waals surface area contributed by atoms with Crippen LogP contribution in [0, 0.1) is 0 Å². The van der Waals surface area contributed by atoms with Crippen LogP contribution >= 0.6 is 11.3 Å². The van der Waals surface area contributed by atoms with Crippen molar-refractivity contribution in [1.29, 1.82) is 0 Å². The molecule has 1 aliphatic heterocycles. The number of allylic oxidation sites excluding steroid dienone is 1. The van der Waals surface area contributed by atoms with Gasteiger partial charge in [-0.2, -0.15) is 0 Å². The number of fused-ring (bicyclic) bond motifs is 1. The normalized spacial score (nSPS) is 15.5. The van der Waals surface area contributed by atoms with Crippen LogP contribution in [0.3, 0.4) is 0 Å². The van der Waals surface area contributed by atoms with Crippen LogP contribution in [0.5, 0.6) is 11.5 Å². The highest BCUT2D eigenvalue weighted by atomic mass is 32.1. The molecule has 0 fully saturated rings. The number of esters is 1. The molecule has 0 amide bonds. The van der Waals surface area contributed by atoms with E-state index >= 15 is 0 Å². The molecule has 176 valence electrons. The van der Waals surface area contributed by atoms with Gasteiger partial charge in [0.2, 0.25) is 0 Å². The van der Waals surface area contributed by atoms with Crippen molar-refractivity contribution in [2.45, 2.75) is 26.3 Å². The fourth-order valence-corrected chi connectivity index (χ4v) is 5.00. The van der Waals surface area contributed by atoms with E-state index in [4.69, 9.17) is 14.2 Å². The molecule has 4 rings (SSSR count). The largest absolute Gasteiger partial charge is 0.493 e. The topological polar surface area (TPSA) is 79.1 Å². The van der Waals surface area contributed by atoms with Crippen LogP contribution in [0.4, 0.5) is 0 Å². The van der Waals surface area contributed by atoms with E-state index in [1.807, 2.05) is 55.5 Å². The van der Waals surface area contributed by atoms with Crippen molar-refractivity contribution in [3.8, 4) is 11.5 Å². The Morgan fingerprint density at radius 1 is 1.15 bits per heavy atom. The Bertz CT molecular complexity index is 1420. The van der Waals surface area contributed by atoms with Crippen LogP contribution in [0.25, 0.3) is 6.08 Å². The van der Waals surface area contributed by atoms with Crippen LogP contribution in [-0.2, 0) is 9.53 Å². The molecule has 8 heteroatoms. The SMILES string of the molecule is CCCOc1c(OC)cccc1[C@@H]1C(C(=O)OC)=C(C)N=c2s/c(=C/c3ccccc3)c(=O)n21. The van der Waals surface area contributed by atoms with Gasteiger partial charge in [0.25, 0.3) is 5.56 Å². The lowest BCUT2D eigenvalue weighted by Crippen LogP contribution is -2.40. The van der Waals surface area contributed by atoms with Crippen LogP contribution in [0.15, 0.2) is 69.6 Å². The maximum atomic E-state index is 13.7. The number of carbonyl (C=O) groups excluding carboxylic acids is 1. The van der Waals surface area contributed by atoms with Gasteiger partial charge in [-0.25, -0.2) is 9.79 Å². The molecule has 34 heavy (non-hydrogen) atoms. The van der Waals surface area contributed by atoms with Gasteiger partial charge in [0.15, 0.2) is 16.3 Å². The minimum Gasteiger partial charge on any atom is -0.493 e. The fraction of sp³-hybridized carbons (Fsp3) is 0.269. The van der Waals surface area contributed by atoms with Crippen molar-refractivity contribution in [1.82, 2.24) is 4.57 Å². The van der Waals surface area contributed by atoms with Gasteiger partial charge >= 0.3 is 5.97 Å². The van der Waals surface area contributed by atoms with Crippen LogP contribution in [0.2, 0.25) is 0 Å². The Morgan fingerprint density at radius 2 is 1.91 bits per heavy atom. The minimum absolute atomic E-state index is 0.240. The van der Waals surface area contributed by atoms with E-state index in [9.17, 15) is 9.59 Å². The number of hydrogen-bond acceptors (Lipinski definition) is 7. The maximum absolute atomic E-state index is 13.7. The van der Waals surface area contributed by atoms with Gasteiger partial charge < -0.3 is 14.2 Å². The number of methoxy groups -OCH3 is 2. The molecule has 0 radical (unpaired) electrons. The second-order valence-electron chi connectivity index (χ2n) is 7.71. The third-order valence-corrected chi connectivity index (χ3v) is 6.48. The Morgan fingerprint density at radius 3 is 2.59 bits per heavy atom. The van der Waals surface area contributed by atoms with Gasteiger partial charge in [-0.1, -0.05) is 60.7 Å². The van der Waals surface area contributed by atoms with E-state index in [0.717, 1.165) is 12.0 Å². The molecule has 1 atom stereocenters. The van der Waals surface area contributed by atoms with Crippen LogP contribution in [0.1, 0.15) is 37.4 Å². The highest BCUT2D eigenvalue weighted by Crippen LogP contribution is 2.40. The average Bonchev–Trinajstić information content (AvgIpc) is 3.16. The number of hydrogen-bond donors (Lipinski definition) is 0. The average molecular weight is 479 g/mol. The van der Waals surface area contributed by atoms with E-state index in [1.54, 1.807) is 24.7 Å². The van der Waals surface area contributed by atoms with Crippen molar-refractivity contribution < 1.29 is 19.0 Å². The first-order chi connectivity index (χ1) is 16.5. The van der Waals surface area contributed by atoms with Crippen LogP contribution < -0.4 is 24.4 Å². The number of para-hydroxylation sites is 1. The Kier molecular flexibility index (Phi) is 6.98. The number of benzene rings is 2. The minimum atomic E-state index is -0.774. The molecule has 0 N–H and O–H groups in total. The summed E-state index contributed by atoms with van der Waals surface area (Å²) >= 11 is 1.28. The van der Waals surface area contributed by atoms with E-state index in [2.05, 4.69) is 4.99 Å². The third kappa shape index (κ3) is 4.28. The van der Waals surface area contributed by atoms with Crippen LogP contribution in [-0.4, -0.2) is 31.4 Å². The summed E-state index contributed by atoms with van der Waals surface area (Å²) in [5.41, 5.74) is 2.08. The summed E-state index contributed by atoms with van der Waals surface area (Å²) in [4.78, 5) is 31.7. The van der Waals surface area contributed by atoms with E-state index in [1.165, 1.54) is 18.4 Å². The standard InChI is InChI=1S/C26H26N2O5S/c1-5-14-33-23-18(12-9-13-19(23)31-3)22-21(25(30)32-4)16(2)27-26-28(22)24(29)20(34-26)15-17-10-7-6-8-11-17/h6-13,15,22H,5,14H2,1-4H3/b20-15+/t22-/m1/s1. The summed E-state index contributed by atoms with van der Waals surface area (Å²) in [5.74, 6) is 0.467. The lowest BCUT2D eigenvalue weighted by Gasteiger charge is -2.26. The summed E-state index contributed by atoms with van der Waals surface area (Å²) in [6, 6.07) is 14.3. The molecule has 7 nitrogen and oxygen atoms in total. The highest BCUT2D eigenvalue weighted by molar-refractivity contribution is 7.07. The molecule has 0 saturated carbocycles. The lowest BCUT2D eigenvalue weighted by molar-refractivity contribution is -0.136. The quantitative estimate of drug-likeness (QED) is 0.488. The molecule has 0 bridgehead atoms. The van der Waals surface area contributed by atoms with E-state index in [-0.39, 0.29) is 11.1 Å². The number of aromatic nitrogens is 1. The van der Waals surface area contributed by atoms with Gasteiger partial charge in [0, 0.05) is 5.56 Å². The molecule has 0 spiro atoms. The van der Waals surface area contributed by atoms with Crippen molar-refractivity contribution in [3.05, 3.63) is 90.6 Å². The molecule has 2 heterocycles. The number of carbonyl (C=O) groups is 1. The molecule has 1 aliphatic rings. The summed E-state index contributed by atoms with van der Waals surface area (Å²) < 4.78 is 18.8. The summed E-state index contributed by atoms with van der Waals surface area (Å²) in [5, 5.41) is 0. The predicted octanol–water partition coefficient (Wildman–Crippen LogP) is 3.21. The summed E-state index contributed by atoms with van der Waals surface area (Å²) in [7, 11) is 2.88. The molecular weight excluding hydrogens is 452 g/mol. The zero-order valence-electron chi connectivity index (χ0n) is 19.5. The Hall–Kier alpha value is -3.65. The van der Waals surface area contributed by atoms with Gasteiger partial charge in [0.1, 0.15) is 6.04 Å². The summed E-state index contributed by atoms with van der Waals surface area (Å²) in [6.07, 6.45) is 2.62. The van der Waals surface area contributed by atoms with Gasteiger partial charge in [-0.05, 0) is 31.1 Å². The van der Waals surface area contributed by atoms with Gasteiger partial charge in [-0.15, -0.1) is 0 Å². The molecule has 0 saturated heterocycles. The Balaban J connectivity index is 2.02. The van der Waals surface area contributed by atoms with Crippen molar-refractivity contribution >= 4 is 23.4 Å². The number of thiazole rings is 1. The molecule has 0 aliphatic carbocycles. The lowest BCUT2D eigenvalue weighted by atomic mass is 9.94. The molecule has 1 aromatic heterocycles. The fourth-order valence-electron chi connectivity index (χ4n) is 3.95. The highest BCUT2D eigenvalue weighted by Gasteiger charge is 2.35. The molecule has 3 aromatic rings. The number of ether oxygens (including phenoxy) is 3.